The van der Waals surface area contributed by atoms with Gasteiger partial charge in [0.1, 0.15) is 60.3 Å². The number of aromatic hydroxyl groups is 2. The number of hydrogen-bond acceptors (Lipinski definition) is 15. The molecule has 15 heteroatoms. The minimum Gasteiger partial charge on any atom is -0.507 e. The zero-order valence-corrected chi connectivity index (χ0v) is 21.8. The Hall–Kier alpha value is -3.35. The summed E-state index contributed by atoms with van der Waals surface area (Å²) in [4.78, 5) is 12.8. The SMILES string of the molecule is O=C(/C=C/c1ccc(O)c(O[C@@H]2O[C@H](CO)[C@@H](O)[C@H](O)[C@H]2O)c1)c1ccc(O[C@@H]2O[C@H](CO)[C@@H](O)[C@H](O)[C@H]2O)cc1O. The van der Waals surface area contributed by atoms with E-state index in [1.54, 1.807) is 0 Å². The predicted molar refractivity (Wildman–Crippen MR) is 138 cm³/mol. The summed E-state index contributed by atoms with van der Waals surface area (Å²) in [6.07, 6.45) is -12.9. The average Bonchev–Trinajstić information content (AvgIpc) is 2.97. The van der Waals surface area contributed by atoms with Crippen molar-refractivity contribution in [3.8, 4) is 23.0 Å². The number of carbonyl (C=O) groups is 1. The number of ketones is 1. The van der Waals surface area contributed by atoms with Gasteiger partial charge in [-0.25, -0.2) is 0 Å². The van der Waals surface area contributed by atoms with E-state index in [2.05, 4.69) is 0 Å². The van der Waals surface area contributed by atoms with Crippen molar-refractivity contribution in [3.63, 3.8) is 0 Å². The van der Waals surface area contributed by atoms with Crippen LogP contribution in [0.5, 0.6) is 23.0 Å². The molecular weight excluding hydrogens is 564 g/mol. The lowest BCUT2D eigenvalue weighted by Gasteiger charge is -2.39. The number of phenolic OH excluding ortho intramolecular Hbond substituents is 2. The molecule has 0 unspecified atom stereocenters. The summed E-state index contributed by atoms with van der Waals surface area (Å²) in [5, 5.41) is 99.1. The van der Waals surface area contributed by atoms with Crippen LogP contribution in [0.2, 0.25) is 0 Å². The first kappa shape index (κ1) is 31.6. The Morgan fingerprint density at radius 3 is 1.83 bits per heavy atom. The third-order valence-corrected chi connectivity index (χ3v) is 6.84. The number of rotatable bonds is 9. The van der Waals surface area contributed by atoms with Gasteiger partial charge in [0.05, 0.1) is 18.8 Å². The lowest BCUT2D eigenvalue weighted by Crippen LogP contribution is -2.60. The number of aliphatic hydroxyl groups excluding tert-OH is 8. The van der Waals surface area contributed by atoms with E-state index in [0.29, 0.717) is 5.56 Å². The molecule has 0 radical (unpaired) electrons. The van der Waals surface area contributed by atoms with Crippen LogP contribution in [0, 0.1) is 0 Å². The minimum absolute atomic E-state index is 0.0501. The number of hydrogen-bond donors (Lipinski definition) is 10. The molecule has 0 aliphatic carbocycles. The summed E-state index contributed by atoms with van der Waals surface area (Å²) >= 11 is 0. The fourth-order valence-electron chi connectivity index (χ4n) is 4.37. The highest BCUT2D eigenvalue weighted by Gasteiger charge is 2.46. The quantitative estimate of drug-likeness (QED) is 0.105. The van der Waals surface area contributed by atoms with E-state index in [1.807, 2.05) is 0 Å². The van der Waals surface area contributed by atoms with Gasteiger partial charge in [0, 0.05) is 6.07 Å². The molecule has 10 atom stereocenters. The molecule has 0 spiro atoms. The number of aliphatic hydroxyl groups is 8. The first-order valence-corrected chi connectivity index (χ1v) is 12.8. The summed E-state index contributed by atoms with van der Waals surface area (Å²) in [5.74, 6) is -1.76. The largest absolute Gasteiger partial charge is 0.507 e. The molecule has 0 aromatic heterocycles. The Morgan fingerprint density at radius 1 is 0.714 bits per heavy atom. The van der Waals surface area contributed by atoms with Crippen molar-refractivity contribution in [1.82, 2.24) is 0 Å². The van der Waals surface area contributed by atoms with E-state index >= 15 is 0 Å². The molecule has 2 aliphatic heterocycles. The van der Waals surface area contributed by atoms with Gasteiger partial charge in [-0.3, -0.25) is 4.79 Å². The molecule has 2 fully saturated rings. The van der Waals surface area contributed by atoms with E-state index in [-0.39, 0.29) is 22.8 Å². The Morgan fingerprint density at radius 2 is 1.29 bits per heavy atom. The van der Waals surface area contributed by atoms with Crippen LogP contribution in [0.15, 0.2) is 42.5 Å². The smallest absolute Gasteiger partial charge is 0.229 e. The number of allylic oxidation sites excluding steroid dienone is 1. The zero-order valence-electron chi connectivity index (χ0n) is 21.8. The van der Waals surface area contributed by atoms with Gasteiger partial charge in [0.2, 0.25) is 12.6 Å². The molecule has 2 aromatic rings. The molecule has 2 aromatic carbocycles. The third-order valence-electron chi connectivity index (χ3n) is 6.84. The molecule has 0 amide bonds. The van der Waals surface area contributed by atoms with Crippen LogP contribution in [0.3, 0.4) is 0 Å². The van der Waals surface area contributed by atoms with Crippen LogP contribution >= 0.6 is 0 Å². The molecule has 15 nitrogen and oxygen atoms in total. The number of ether oxygens (including phenoxy) is 4. The number of carbonyl (C=O) groups excluding carboxylic acids is 1. The highest BCUT2D eigenvalue weighted by Crippen LogP contribution is 2.32. The van der Waals surface area contributed by atoms with Gasteiger partial charge in [-0.15, -0.1) is 0 Å². The molecule has 4 rings (SSSR count). The standard InChI is InChI=1S/C27H32O15/c28-9-18-20(33)22(35)24(37)26(41-18)39-12-3-4-13(16(32)8-12)14(30)5-1-11-2-6-15(31)17(7-11)40-27-25(38)23(36)21(34)19(10-29)42-27/h1-8,18-29,31-38H,9-10H2/b5-1+/t18-,19-,20-,21-,22+,23+,24-,25-,26-,27-/m1/s1. The first-order chi connectivity index (χ1) is 19.9. The van der Waals surface area contributed by atoms with Gasteiger partial charge in [-0.05, 0) is 35.9 Å². The average molecular weight is 597 g/mol. The van der Waals surface area contributed by atoms with E-state index in [4.69, 9.17) is 18.9 Å². The van der Waals surface area contributed by atoms with Crippen molar-refractivity contribution in [1.29, 1.82) is 0 Å². The third kappa shape index (κ3) is 6.66. The fraction of sp³-hybridized carbons (Fsp3) is 0.444. The summed E-state index contributed by atoms with van der Waals surface area (Å²) in [6, 6.07) is 7.52. The van der Waals surface area contributed by atoms with Gasteiger partial charge in [0.15, 0.2) is 17.3 Å². The summed E-state index contributed by atoms with van der Waals surface area (Å²) in [7, 11) is 0. The van der Waals surface area contributed by atoms with Gasteiger partial charge < -0.3 is 70.0 Å². The molecule has 10 N–H and O–H groups in total. The highest BCUT2D eigenvalue weighted by molar-refractivity contribution is 6.08. The second-order valence-electron chi connectivity index (χ2n) is 9.73. The van der Waals surface area contributed by atoms with Crippen molar-refractivity contribution in [2.24, 2.45) is 0 Å². The van der Waals surface area contributed by atoms with Crippen molar-refractivity contribution in [2.75, 3.05) is 13.2 Å². The lowest BCUT2D eigenvalue weighted by molar-refractivity contribution is -0.277. The van der Waals surface area contributed by atoms with Gasteiger partial charge in [-0.1, -0.05) is 12.1 Å². The van der Waals surface area contributed by atoms with Crippen LogP contribution in [0.1, 0.15) is 15.9 Å². The Kier molecular flexibility index (Phi) is 10.0. The molecule has 42 heavy (non-hydrogen) atoms. The Labute approximate surface area is 238 Å². The molecule has 2 aliphatic rings. The maximum atomic E-state index is 12.8. The zero-order chi connectivity index (χ0) is 30.7. The second kappa shape index (κ2) is 13.3. The van der Waals surface area contributed by atoms with Crippen LogP contribution in [0.4, 0.5) is 0 Å². The summed E-state index contributed by atoms with van der Waals surface area (Å²) < 4.78 is 21.4. The predicted octanol–water partition coefficient (Wildman–Crippen LogP) is -2.65. The van der Waals surface area contributed by atoms with Crippen LogP contribution in [-0.2, 0) is 9.47 Å². The maximum absolute atomic E-state index is 12.8. The number of benzene rings is 2. The van der Waals surface area contributed by atoms with E-state index in [0.717, 1.165) is 12.1 Å². The van der Waals surface area contributed by atoms with Crippen molar-refractivity contribution in [3.05, 3.63) is 53.6 Å². The highest BCUT2D eigenvalue weighted by atomic mass is 16.7. The minimum atomic E-state index is -1.71. The van der Waals surface area contributed by atoms with Crippen LogP contribution in [-0.4, -0.2) is 131 Å². The molecule has 0 saturated carbocycles. The Bertz CT molecular complexity index is 1260. The van der Waals surface area contributed by atoms with Crippen LogP contribution in [0.25, 0.3) is 6.08 Å². The molecule has 2 saturated heterocycles. The number of phenols is 2. The Balaban J connectivity index is 1.43. The second-order valence-corrected chi connectivity index (χ2v) is 9.73. The molecule has 0 bridgehead atoms. The van der Waals surface area contributed by atoms with Crippen molar-refractivity contribution >= 4 is 11.9 Å². The normalized spacial score (nSPS) is 33.4. The van der Waals surface area contributed by atoms with Gasteiger partial charge >= 0.3 is 0 Å². The molecular formula is C27H32O15. The maximum Gasteiger partial charge on any atom is 0.229 e. The monoisotopic (exact) mass is 596 g/mol. The van der Waals surface area contributed by atoms with Crippen molar-refractivity contribution in [2.45, 2.75) is 61.4 Å². The van der Waals surface area contributed by atoms with Crippen LogP contribution < -0.4 is 9.47 Å². The van der Waals surface area contributed by atoms with Gasteiger partial charge in [0.25, 0.3) is 0 Å². The fourth-order valence-corrected chi connectivity index (χ4v) is 4.37. The summed E-state index contributed by atoms with van der Waals surface area (Å²) in [5.41, 5.74) is 0.201. The molecule has 230 valence electrons. The van der Waals surface area contributed by atoms with E-state index in [9.17, 15) is 55.9 Å². The lowest BCUT2D eigenvalue weighted by atomic mass is 9.99. The topological polar surface area (TPSA) is 256 Å². The van der Waals surface area contributed by atoms with E-state index in [1.165, 1.54) is 36.4 Å². The van der Waals surface area contributed by atoms with Crippen molar-refractivity contribution < 1.29 is 74.8 Å². The first-order valence-electron chi connectivity index (χ1n) is 12.8. The van der Waals surface area contributed by atoms with E-state index < -0.39 is 86.2 Å². The summed E-state index contributed by atoms with van der Waals surface area (Å²) in [6.45, 7) is -1.33. The molecule has 2 heterocycles. The van der Waals surface area contributed by atoms with Gasteiger partial charge in [-0.2, -0.15) is 0 Å².